The van der Waals surface area contributed by atoms with Crippen molar-refractivity contribution in [1.29, 1.82) is 0 Å². The Morgan fingerprint density at radius 1 is 1.29 bits per heavy atom. The maximum Gasteiger partial charge on any atom is 0.120 e. The van der Waals surface area contributed by atoms with E-state index in [1.807, 2.05) is 50.4 Å². The van der Waals surface area contributed by atoms with Gasteiger partial charge in [-0.3, -0.25) is 16.3 Å². The molecule has 112 valence electrons. The molecule has 0 saturated carbocycles. The van der Waals surface area contributed by atoms with E-state index < -0.39 is 0 Å². The number of ether oxygens (including phenoxy) is 1. The van der Waals surface area contributed by atoms with Gasteiger partial charge in [-0.15, -0.1) is 0 Å². The van der Waals surface area contributed by atoms with Crippen molar-refractivity contribution in [3.63, 3.8) is 0 Å². The molecule has 5 heteroatoms. The number of hydrogen-bond donors (Lipinski definition) is 2. The van der Waals surface area contributed by atoms with Gasteiger partial charge in [0, 0.05) is 16.9 Å². The second-order valence-electron chi connectivity index (χ2n) is 5.17. The molecule has 0 aliphatic carbocycles. The van der Waals surface area contributed by atoms with E-state index in [0.717, 1.165) is 27.8 Å². The number of halogens is 1. The number of hydrogen-bond acceptors (Lipinski definition) is 4. The van der Waals surface area contributed by atoms with Crippen LogP contribution in [0.25, 0.3) is 0 Å². The van der Waals surface area contributed by atoms with Gasteiger partial charge in [-0.25, -0.2) is 0 Å². The van der Waals surface area contributed by atoms with Gasteiger partial charge in [-0.05, 0) is 65.5 Å². The summed E-state index contributed by atoms with van der Waals surface area (Å²) in [5.74, 6) is 6.58. The molecule has 0 aliphatic rings. The van der Waals surface area contributed by atoms with E-state index in [-0.39, 0.29) is 12.1 Å². The van der Waals surface area contributed by atoms with Crippen molar-refractivity contribution < 1.29 is 4.74 Å². The Bertz CT molecular complexity index is 589. The highest BCUT2D eigenvalue weighted by Gasteiger charge is 2.12. The molecule has 1 aromatic heterocycles. The molecule has 1 unspecified atom stereocenters. The SMILES string of the molecule is CC(C)Oc1cccc(C(Cc2cncc(Br)c2)NN)c1. The normalized spacial score (nSPS) is 12.4. The molecule has 0 spiro atoms. The zero-order valence-electron chi connectivity index (χ0n) is 12.2. The van der Waals surface area contributed by atoms with Crippen molar-refractivity contribution >= 4 is 15.9 Å². The number of nitrogens with zero attached hydrogens (tertiary/aromatic N) is 1. The van der Waals surface area contributed by atoms with Gasteiger partial charge < -0.3 is 4.74 Å². The van der Waals surface area contributed by atoms with Crippen LogP contribution < -0.4 is 16.0 Å². The Hall–Kier alpha value is -1.43. The smallest absolute Gasteiger partial charge is 0.120 e. The van der Waals surface area contributed by atoms with Gasteiger partial charge in [0.15, 0.2) is 0 Å². The van der Waals surface area contributed by atoms with Gasteiger partial charge in [0.25, 0.3) is 0 Å². The highest BCUT2D eigenvalue weighted by atomic mass is 79.9. The lowest BCUT2D eigenvalue weighted by atomic mass is 10.0. The first-order chi connectivity index (χ1) is 10.1. The van der Waals surface area contributed by atoms with Crippen molar-refractivity contribution in [2.45, 2.75) is 32.4 Å². The first-order valence-electron chi connectivity index (χ1n) is 6.90. The molecule has 1 aromatic carbocycles. The van der Waals surface area contributed by atoms with E-state index in [2.05, 4.69) is 26.3 Å². The molecular weight excluding hydrogens is 330 g/mol. The largest absolute Gasteiger partial charge is 0.491 e. The lowest BCUT2D eigenvalue weighted by Crippen LogP contribution is -2.29. The number of nitrogens with one attached hydrogen (secondary N) is 1. The van der Waals surface area contributed by atoms with Crippen LogP contribution in [0.2, 0.25) is 0 Å². The predicted molar refractivity (Wildman–Crippen MR) is 87.9 cm³/mol. The number of rotatable bonds is 6. The van der Waals surface area contributed by atoms with Gasteiger partial charge in [0.2, 0.25) is 0 Å². The van der Waals surface area contributed by atoms with Crippen LogP contribution in [-0.2, 0) is 6.42 Å². The molecule has 21 heavy (non-hydrogen) atoms. The number of pyridine rings is 1. The number of aromatic nitrogens is 1. The third kappa shape index (κ3) is 4.81. The molecule has 4 nitrogen and oxygen atoms in total. The minimum atomic E-state index is 0.0109. The van der Waals surface area contributed by atoms with Crippen LogP contribution in [-0.4, -0.2) is 11.1 Å². The summed E-state index contributed by atoms with van der Waals surface area (Å²) < 4.78 is 6.70. The van der Waals surface area contributed by atoms with Gasteiger partial charge in [0.05, 0.1) is 12.1 Å². The molecule has 0 radical (unpaired) electrons. The zero-order chi connectivity index (χ0) is 15.2. The molecule has 2 aromatic rings. The molecule has 1 heterocycles. The summed E-state index contributed by atoms with van der Waals surface area (Å²) in [6, 6.07) is 10.1. The molecular formula is C16H20BrN3O. The first-order valence-corrected chi connectivity index (χ1v) is 7.70. The van der Waals surface area contributed by atoms with Crippen molar-refractivity contribution in [3.05, 3.63) is 58.3 Å². The molecule has 0 aliphatic heterocycles. The van der Waals surface area contributed by atoms with Crippen LogP contribution in [0.4, 0.5) is 0 Å². The second-order valence-corrected chi connectivity index (χ2v) is 6.09. The Labute approximate surface area is 133 Å². The molecule has 0 fully saturated rings. The summed E-state index contributed by atoms with van der Waals surface area (Å²) in [5.41, 5.74) is 5.07. The van der Waals surface area contributed by atoms with Crippen LogP contribution in [0, 0.1) is 0 Å². The van der Waals surface area contributed by atoms with Crippen molar-refractivity contribution in [2.75, 3.05) is 0 Å². The lowest BCUT2D eigenvalue weighted by molar-refractivity contribution is 0.242. The Kier molecular flexibility index (Phi) is 5.73. The summed E-state index contributed by atoms with van der Waals surface area (Å²) >= 11 is 3.43. The van der Waals surface area contributed by atoms with E-state index >= 15 is 0 Å². The third-order valence-electron chi connectivity index (χ3n) is 3.03. The van der Waals surface area contributed by atoms with E-state index in [0.29, 0.717) is 0 Å². The zero-order valence-corrected chi connectivity index (χ0v) is 13.8. The Morgan fingerprint density at radius 3 is 2.76 bits per heavy atom. The quantitative estimate of drug-likeness (QED) is 0.619. The fourth-order valence-corrected chi connectivity index (χ4v) is 2.57. The van der Waals surface area contributed by atoms with Gasteiger partial charge >= 0.3 is 0 Å². The fourth-order valence-electron chi connectivity index (χ4n) is 2.15. The van der Waals surface area contributed by atoms with Gasteiger partial charge in [-0.1, -0.05) is 12.1 Å². The van der Waals surface area contributed by atoms with Gasteiger partial charge in [0.1, 0.15) is 5.75 Å². The van der Waals surface area contributed by atoms with Crippen LogP contribution in [0.3, 0.4) is 0 Å². The Balaban J connectivity index is 2.17. The third-order valence-corrected chi connectivity index (χ3v) is 3.47. The second kappa shape index (κ2) is 7.54. The lowest BCUT2D eigenvalue weighted by Gasteiger charge is -2.18. The predicted octanol–water partition coefficient (Wildman–Crippen LogP) is 3.38. The average molecular weight is 350 g/mol. The topological polar surface area (TPSA) is 60.2 Å². The monoisotopic (exact) mass is 349 g/mol. The number of hydrazine groups is 1. The summed E-state index contributed by atoms with van der Waals surface area (Å²) in [5, 5.41) is 0. The van der Waals surface area contributed by atoms with E-state index in [4.69, 9.17) is 10.6 Å². The number of benzene rings is 1. The summed E-state index contributed by atoms with van der Waals surface area (Å²) in [7, 11) is 0. The Morgan fingerprint density at radius 2 is 2.10 bits per heavy atom. The average Bonchev–Trinajstić information content (AvgIpc) is 2.44. The molecule has 1 atom stereocenters. The van der Waals surface area contributed by atoms with Gasteiger partial charge in [-0.2, -0.15) is 0 Å². The molecule has 0 amide bonds. The standard InChI is InChI=1S/C16H20BrN3O/c1-11(2)21-15-5-3-4-13(8-15)16(20-18)7-12-6-14(17)10-19-9-12/h3-6,8-11,16,20H,7,18H2,1-2H3. The summed E-state index contributed by atoms with van der Waals surface area (Å²) in [6.07, 6.45) is 4.53. The summed E-state index contributed by atoms with van der Waals surface area (Å²) in [6.45, 7) is 4.02. The summed E-state index contributed by atoms with van der Waals surface area (Å²) in [4.78, 5) is 4.18. The van der Waals surface area contributed by atoms with Crippen molar-refractivity contribution in [1.82, 2.24) is 10.4 Å². The fraction of sp³-hybridized carbons (Fsp3) is 0.312. The van der Waals surface area contributed by atoms with E-state index in [9.17, 15) is 0 Å². The molecule has 3 N–H and O–H groups in total. The maximum atomic E-state index is 5.73. The number of nitrogens with two attached hydrogens (primary N) is 1. The maximum absolute atomic E-state index is 5.73. The minimum Gasteiger partial charge on any atom is -0.491 e. The highest BCUT2D eigenvalue weighted by Crippen LogP contribution is 2.23. The molecule has 2 rings (SSSR count). The van der Waals surface area contributed by atoms with Crippen molar-refractivity contribution in [3.8, 4) is 5.75 Å². The highest BCUT2D eigenvalue weighted by molar-refractivity contribution is 9.10. The van der Waals surface area contributed by atoms with Crippen LogP contribution in [0.15, 0.2) is 47.2 Å². The first kappa shape index (κ1) is 15.9. The van der Waals surface area contributed by atoms with Crippen LogP contribution in [0.1, 0.15) is 31.0 Å². The molecule has 0 bridgehead atoms. The van der Waals surface area contributed by atoms with Crippen LogP contribution in [0.5, 0.6) is 5.75 Å². The molecule has 0 saturated heterocycles. The van der Waals surface area contributed by atoms with Crippen molar-refractivity contribution in [2.24, 2.45) is 5.84 Å². The minimum absolute atomic E-state index is 0.0109. The van der Waals surface area contributed by atoms with Crippen LogP contribution >= 0.6 is 15.9 Å². The van der Waals surface area contributed by atoms with E-state index in [1.165, 1.54) is 0 Å². The van der Waals surface area contributed by atoms with E-state index in [1.54, 1.807) is 6.20 Å².